The molecule has 0 fully saturated rings. The minimum absolute atomic E-state index is 0.861. The van der Waals surface area contributed by atoms with E-state index in [-0.39, 0.29) is 0 Å². The Kier molecular flexibility index (Phi) is 4.18. The van der Waals surface area contributed by atoms with E-state index in [1.165, 1.54) is 21.6 Å². The molecule has 1 aliphatic heterocycles. The van der Waals surface area contributed by atoms with Gasteiger partial charge in [-0.05, 0) is 41.8 Å². The van der Waals surface area contributed by atoms with Crippen molar-refractivity contribution in [1.82, 2.24) is 10.6 Å². The highest BCUT2D eigenvalue weighted by Crippen LogP contribution is 2.22. The predicted molar refractivity (Wildman–Crippen MR) is 81.7 cm³/mol. The molecule has 0 atom stereocenters. The van der Waals surface area contributed by atoms with Gasteiger partial charge >= 0.3 is 0 Å². The van der Waals surface area contributed by atoms with Gasteiger partial charge in [0.15, 0.2) is 0 Å². The van der Waals surface area contributed by atoms with Crippen LogP contribution < -0.4 is 10.6 Å². The Bertz CT molecular complexity index is 565. The Morgan fingerprint density at radius 1 is 1.21 bits per heavy atom. The quantitative estimate of drug-likeness (QED) is 0.903. The fourth-order valence-electron chi connectivity index (χ4n) is 2.54. The monoisotopic (exact) mass is 292 g/mol. The highest BCUT2D eigenvalue weighted by Gasteiger charge is 2.11. The molecule has 1 aliphatic rings. The lowest BCUT2D eigenvalue weighted by molar-refractivity contribution is 0.627. The maximum atomic E-state index is 5.93. The van der Waals surface area contributed by atoms with Crippen molar-refractivity contribution in [2.45, 2.75) is 26.1 Å². The minimum atomic E-state index is 0.861. The van der Waals surface area contributed by atoms with Crippen molar-refractivity contribution in [2.75, 3.05) is 6.54 Å². The summed E-state index contributed by atoms with van der Waals surface area (Å²) in [4.78, 5) is 1.29. The van der Waals surface area contributed by atoms with Gasteiger partial charge in [0.05, 0.1) is 4.34 Å². The number of hydrogen-bond acceptors (Lipinski definition) is 3. The van der Waals surface area contributed by atoms with E-state index in [1.807, 2.05) is 6.07 Å². The summed E-state index contributed by atoms with van der Waals surface area (Å²) in [7, 11) is 0. The van der Waals surface area contributed by atoms with Crippen LogP contribution in [0.3, 0.4) is 0 Å². The third kappa shape index (κ3) is 3.18. The van der Waals surface area contributed by atoms with Gasteiger partial charge in [-0.3, -0.25) is 0 Å². The zero-order chi connectivity index (χ0) is 13.1. The largest absolute Gasteiger partial charge is 0.312 e. The molecule has 3 rings (SSSR count). The van der Waals surface area contributed by atoms with E-state index in [0.717, 1.165) is 36.9 Å². The lowest BCUT2D eigenvalue weighted by Gasteiger charge is -2.20. The average molecular weight is 293 g/mol. The number of rotatable bonds is 4. The first-order valence-corrected chi connectivity index (χ1v) is 7.77. The van der Waals surface area contributed by atoms with Crippen molar-refractivity contribution in [3.8, 4) is 0 Å². The van der Waals surface area contributed by atoms with Crippen LogP contribution in [0.1, 0.15) is 21.6 Å². The molecule has 0 bridgehead atoms. The Hall–Kier alpha value is -0.870. The summed E-state index contributed by atoms with van der Waals surface area (Å²) in [5.41, 5.74) is 4.41. The summed E-state index contributed by atoms with van der Waals surface area (Å²) in [6.45, 7) is 3.91. The maximum Gasteiger partial charge on any atom is 0.0931 e. The zero-order valence-electron chi connectivity index (χ0n) is 10.7. The fourth-order valence-corrected chi connectivity index (χ4v) is 3.60. The average Bonchev–Trinajstić information content (AvgIpc) is 2.85. The lowest BCUT2D eigenvalue weighted by atomic mass is 9.95. The van der Waals surface area contributed by atoms with E-state index >= 15 is 0 Å². The van der Waals surface area contributed by atoms with Crippen LogP contribution in [-0.2, 0) is 26.1 Å². The molecular weight excluding hydrogens is 276 g/mol. The van der Waals surface area contributed by atoms with E-state index in [1.54, 1.807) is 11.3 Å². The van der Waals surface area contributed by atoms with Gasteiger partial charge in [0, 0.05) is 24.5 Å². The standard InChI is InChI=1S/C15H17ClN2S/c16-15-5-4-13(19-15)10-18-9-12-3-1-2-11-8-17-7-6-14(11)12/h1-5,17-18H,6-10H2. The number of fused-ring (bicyclic) bond motifs is 1. The SMILES string of the molecule is Clc1ccc(CNCc2cccc3c2CCNC3)s1. The van der Waals surface area contributed by atoms with Crippen LogP contribution in [0.5, 0.6) is 0 Å². The summed E-state index contributed by atoms with van der Waals surface area (Å²) in [5.74, 6) is 0. The van der Waals surface area contributed by atoms with Crippen LogP contribution in [0.15, 0.2) is 30.3 Å². The number of thiophene rings is 1. The van der Waals surface area contributed by atoms with Crippen molar-refractivity contribution >= 4 is 22.9 Å². The smallest absolute Gasteiger partial charge is 0.0931 e. The Balaban J connectivity index is 1.64. The molecular formula is C15H17ClN2S. The molecule has 0 saturated heterocycles. The minimum Gasteiger partial charge on any atom is -0.312 e. The zero-order valence-corrected chi connectivity index (χ0v) is 12.3. The first-order valence-electron chi connectivity index (χ1n) is 6.58. The van der Waals surface area contributed by atoms with Crippen LogP contribution in [0, 0.1) is 0 Å². The van der Waals surface area contributed by atoms with Gasteiger partial charge in [-0.15, -0.1) is 11.3 Å². The summed E-state index contributed by atoms with van der Waals surface area (Å²) in [6.07, 6.45) is 1.14. The fraction of sp³-hybridized carbons (Fsp3) is 0.333. The summed E-state index contributed by atoms with van der Waals surface area (Å²) in [5, 5.41) is 6.93. The van der Waals surface area contributed by atoms with E-state index < -0.39 is 0 Å². The van der Waals surface area contributed by atoms with Gasteiger partial charge in [0.25, 0.3) is 0 Å². The van der Waals surface area contributed by atoms with Crippen LogP contribution in [0.2, 0.25) is 4.34 Å². The molecule has 2 N–H and O–H groups in total. The molecule has 0 saturated carbocycles. The van der Waals surface area contributed by atoms with Crippen molar-refractivity contribution in [3.05, 3.63) is 56.2 Å². The summed E-state index contributed by atoms with van der Waals surface area (Å²) in [6, 6.07) is 10.7. The van der Waals surface area contributed by atoms with E-state index in [2.05, 4.69) is 34.9 Å². The van der Waals surface area contributed by atoms with Crippen LogP contribution in [0.25, 0.3) is 0 Å². The summed E-state index contributed by atoms with van der Waals surface area (Å²) < 4.78 is 0.861. The maximum absolute atomic E-state index is 5.93. The summed E-state index contributed by atoms with van der Waals surface area (Å²) >= 11 is 7.58. The van der Waals surface area contributed by atoms with Gasteiger partial charge in [-0.25, -0.2) is 0 Å². The second-order valence-electron chi connectivity index (χ2n) is 4.79. The second-order valence-corrected chi connectivity index (χ2v) is 6.59. The van der Waals surface area contributed by atoms with Crippen molar-refractivity contribution in [3.63, 3.8) is 0 Å². The molecule has 2 nitrogen and oxygen atoms in total. The molecule has 4 heteroatoms. The van der Waals surface area contributed by atoms with E-state index in [9.17, 15) is 0 Å². The lowest BCUT2D eigenvalue weighted by Crippen LogP contribution is -2.25. The van der Waals surface area contributed by atoms with Gasteiger partial charge in [-0.2, -0.15) is 0 Å². The molecule has 2 heterocycles. The molecule has 0 unspecified atom stereocenters. The Morgan fingerprint density at radius 3 is 3.00 bits per heavy atom. The second kappa shape index (κ2) is 6.06. The molecule has 19 heavy (non-hydrogen) atoms. The number of halogens is 1. The normalized spacial score (nSPS) is 14.4. The first-order chi connectivity index (χ1) is 9.33. The highest BCUT2D eigenvalue weighted by molar-refractivity contribution is 7.16. The number of benzene rings is 1. The van der Waals surface area contributed by atoms with Crippen molar-refractivity contribution < 1.29 is 0 Å². The topological polar surface area (TPSA) is 24.1 Å². The third-order valence-electron chi connectivity index (χ3n) is 3.48. The van der Waals surface area contributed by atoms with Gasteiger partial charge in [-0.1, -0.05) is 29.8 Å². The molecule has 0 spiro atoms. The Morgan fingerprint density at radius 2 is 2.16 bits per heavy atom. The van der Waals surface area contributed by atoms with E-state index in [0.29, 0.717) is 0 Å². The van der Waals surface area contributed by atoms with Crippen molar-refractivity contribution in [2.24, 2.45) is 0 Å². The highest BCUT2D eigenvalue weighted by atomic mass is 35.5. The van der Waals surface area contributed by atoms with E-state index in [4.69, 9.17) is 11.6 Å². The third-order valence-corrected chi connectivity index (χ3v) is 4.71. The Labute approximate surface area is 122 Å². The predicted octanol–water partition coefficient (Wildman–Crippen LogP) is 3.34. The molecule has 100 valence electrons. The van der Waals surface area contributed by atoms with Gasteiger partial charge < -0.3 is 10.6 Å². The number of nitrogens with one attached hydrogen (secondary N) is 2. The molecule has 0 radical (unpaired) electrons. The molecule has 1 aromatic carbocycles. The van der Waals surface area contributed by atoms with Gasteiger partial charge in [0.2, 0.25) is 0 Å². The number of hydrogen-bond donors (Lipinski definition) is 2. The van der Waals surface area contributed by atoms with Gasteiger partial charge in [0.1, 0.15) is 0 Å². The molecule has 0 aliphatic carbocycles. The van der Waals surface area contributed by atoms with Crippen LogP contribution in [0.4, 0.5) is 0 Å². The molecule has 0 amide bonds. The molecule has 2 aromatic rings. The van der Waals surface area contributed by atoms with Crippen LogP contribution in [-0.4, -0.2) is 6.54 Å². The molecule has 1 aromatic heterocycles. The van der Waals surface area contributed by atoms with Crippen LogP contribution >= 0.6 is 22.9 Å². The van der Waals surface area contributed by atoms with Crippen molar-refractivity contribution in [1.29, 1.82) is 0 Å². The first kappa shape index (κ1) is 13.1.